The van der Waals surface area contributed by atoms with Gasteiger partial charge in [-0.05, 0) is 61.1 Å². The van der Waals surface area contributed by atoms with Crippen LogP contribution < -0.4 is 15.5 Å². The average molecular weight is 492 g/mol. The number of rotatable bonds is 7. The number of anilines is 2. The monoisotopic (exact) mass is 491 g/mol. The molecule has 1 aliphatic carbocycles. The molecule has 37 heavy (non-hydrogen) atoms. The fourth-order valence-electron chi connectivity index (χ4n) is 4.81. The van der Waals surface area contributed by atoms with Crippen LogP contribution in [-0.4, -0.2) is 33.3 Å². The summed E-state index contributed by atoms with van der Waals surface area (Å²) in [6.45, 7) is 0.477. The number of hydrogen-bond acceptors (Lipinski definition) is 5. The Morgan fingerprint density at radius 1 is 0.973 bits per heavy atom. The molecule has 0 radical (unpaired) electrons. The normalized spacial score (nSPS) is 16.9. The van der Waals surface area contributed by atoms with Gasteiger partial charge >= 0.3 is 6.03 Å². The Labute approximate surface area is 216 Å². The molecule has 186 valence electrons. The zero-order chi connectivity index (χ0) is 25.5. The van der Waals surface area contributed by atoms with Gasteiger partial charge in [0.1, 0.15) is 11.9 Å². The van der Waals surface area contributed by atoms with E-state index in [-0.39, 0.29) is 18.1 Å². The Bertz CT molecular complexity index is 1320. The zero-order valence-corrected chi connectivity index (χ0v) is 20.5. The predicted octanol–water partition coefficient (Wildman–Crippen LogP) is 5.48. The van der Waals surface area contributed by atoms with E-state index in [2.05, 4.69) is 31.9 Å². The van der Waals surface area contributed by atoms with E-state index in [1.807, 2.05) is 71.8 Å². The number of nitrogens with zero attached hydrogens (tertiary/aromatic N) is 4. The highest BCUT2D eigenvalue weighted by atomic mass is 16.2. The number of amides is 2. The lowest BCUT2D eigenvalue weighted by molar-refractivity contribution is 0.240. The van der Waals surface area contributed by atoms with Gasteiger partial charge in [-0.3, -0.25) is 10.00 Å². The number of carbonyl (C=O) groups is 1. The molecule has 1 aliphatic rings. The minimum Gasteiger partial charge on any atom is -0.367 e. The molecule has 2 aromatic carbocycles. The van der Waals surface area contributed by atoms with Gasteiger partial charge in [0.15, 0.2) is 0 Å². The molecule has 0 unspecified atom stereocenters. The molecule has 0 spiro atoms. The van der Waals surface area contributed by atoms with Crippen molar-refractivity contribution in [2.75, 3.05) is 10.2 Å². The second kappa shape index (κ2) is 11.4. The van der Waals surface area contributed by atoms with E-state index >= 15 is 0 Å². The first-order valence-corrected chi connectivity index (χ1v) is 12.5. The molecule has 2 heterocycles. The summed E-state index contributed by atoms with van der Waals surface area (Å²) in [4.78, 5) is 19.8. The second-order valence-corrected chi connectivity index (χ2v) is 9.24. The SMILES string of the molecule is N#Cc1ccc(NC2CCC(N(C(=O)NCc3ccccc3)c3ccc(-c4cn[nH]c4)cc3)CC2)nc1. The van der Waals surface area contributed by atoms with Crippen LogP contribution in [0.2, 0.25) is 0 Å². The number of urea groups is 1. The minimum atomic E-state index is -0.0925. The molecular formula is C29H29N7O. The molecule has 3 N–H and O–H groups in total. The predicted molar refractivity (Wildman–Crippen MR) is 144 cm³/mol. The van der Waals surface area contributed by atoms with Crippen LogP contribution >= 0.6 is 0 Å². The van der Waals surface area contributed by atoms with Crippen molar-refractivity contribution in [2.24, 2.45) is 0 Å². The topological polar surface area (TPSA) is 110 Å². The van der Waals surface area contributed by atoms with Gasteiger partial charge in [0.2, 0.25) is 0 Å². The Morgan fingerprint density at radius 3 is 2.41 bits per heavy atom. The number of nitriles is 1. The van der Waals surface area contributed by atoms with Gasteiger partial charge in [-0.1, -0.05) is 42.5 Å². The van der Waals surface area contributed by atoms with Crippen LogP contribution in [0.15, 0.2) is 85.3 Å². The first-order chi connectivity index (χ1) is 18.2. The molecule has 5 rings (SSSR count). The van der Waals surface area contributed by atoms with Gasteiger partial charge in [0.05, 0.1) is 11.8 Å². The first-order valence-electron chi connectivity index (χ1n) is 12.5. The number of nitrogens with one attached hydrogen (secondary N) is 3. The molecule has 1 saturated carbocycles. The number of carbonyl (C=O) groups excluding carboxylic acids is 1. The van der Waals surface area contributed by atoms with E-state index in [0.29, 0.717) is 12.1 Å². The second-order valence-electron chi connectivity index (χ2n) is 9.24. The van der Waals surface area contributed by atoms with E-state index in [4.69, 9.17) is 5.26 Å². The van der Waals surface area contributed by atoms with E-state index in [9.17, 15) is 4.79 Å². The molecule has 4 aromatic rings. The smallest absolute Gasteiger partial charge is 0.322 e. The first kappa shape index (κ1) is 24.1. The van der Waals surface area contributed by atoms with E-state index < -0.39 is 0 Å². The van der Waals surface area contributed by atoms with Gasteiger partial charge < -0.3 is 10.6 Å². The van der Waals surface area contributed by atoms with Gasteiger partial charge in [0.25, 0.3) is 0 Å². The zero-order valence-electron chi connectivity index (χ0n) is 20.5. The Hall–Kier alpha value is -4.64. The third kappa shape index (κ3) is 5.96. The summed E-state index contributed by atoms with van der Waals surface area (Å²) in [5.74, 6) is 0.773. The fraction of sp³-hybridized carbons (Fsp3) is 0.241. The van der Waals surface area contributed by atoms with E-state index in [1.54, 1.807) is 18.5 Å². The van der Waals surface area contributed by atoms with Gasteiger partial charge in [-0.25, -0.2) is 9.78 Å². The van der Waals surface area contributed by atoms with Crippen LogP contribution in [0.1, 0.15) is 36.8 Å². The summed E-state index contributed by atoms with van der Waals surface area (Å²) in [6.07, 6.45) is 8.81. The van der Waals surface area contributed by atoms with Gasteiger partial charge in [0, 0.05) is 42.3 Å². The number of aromatic nitrogens is 3. The van der Waals surface area contributed by atoms with Crippen LogP contribution in [-0.2, 0) is 6.54 Å². The maximum absolute atomic E-state index is 13.5. The number of H-pyrrole nitrogens is 1. The molecular weight excluding hydrogens is 462 g/mol. The standard InChI is InChI=1S/C29H29N7O/c30-16-22-6-15-28(31-18-22)35-25-9-13-27(14-10-25)36(29(37)32-17-21-4-2-1-3-5-21)26-11-7-23(8-12-26)24-19-33-34-20-24/h1-8,11-12,15,18-20,25,27H,9-10,13-14,17H2,(H,31,35)(H,32,37)(H,33,34). The molecule has 0 bridgehead atoms. The summed E-state index contributed by atoms with van der Waals surface area (Å²) >= 11 is 0. The van der Waals surface area contributed by atoms with Crippen molar-refractivity contribution in [2.45, 2.75) is 44.3 Å². The number of benzene rings is 2. The Balaban J connectivity index is 1.28. The lowest BCUT2D eigenvalue weighted by Crippen LogP contribution is -2.48. The van der Waals surface area contributed by atoms with Crippen molar-refractivity contribution in [3.05, 3.63) is 96.4 Å². The van der Waals surface area contributed by atoms with Crippen LogP contribution in [0, 0.1) is 11.3 Å². The molecule has 8 heteroatoms. The summed E-state index contributed by atoms with van der Waals surface area (Å²) in [5.41, 5.74) is 4.54. The number of aromatic amines is 1. The average Bonchev–Trinajstić information content (AvgIpc) is 3.50. The van der Waals surface area contributed by atoms with Crippen molar-refractivity contribution in [1.29, 1.82) is 5.26 Å². The highest BCUT2D eigenvalue weighted by Gasteiger charge is 2.30. The third-order valence-electron chi connectivity index (χ3n) is 6.79. The van der Waals surface area contributed by atoms with E-state index in [1.165, 1.54) is 0 Å². The van der Waals surface area contributed by atoms with Crippen LogP contribution in [0.5, 0.6) is 0 Å². The lowest BCUT2D eigenvalue weighted by atomic mass is 9.89. The summed E-state index contributed by atoms with van der Waals surface area (Å²) in [7, 11) is 0. The maximum atomic E-state index is 13.5. The summed E-state index contributed by atoms with van der Waals surface area (Å²) in [5, 5.41) is 22.5. The quantitative estimate of drug-likeness (QED) is 0.317. The van der Waals surface area contributed by atoms with Gasteiger partial charge in [-0.15, -0.1) is 0 Å². The van der Waals surface area contributed by atoms with Crippen LogP contribution in [0.25, 0.3) is 11.1 Å². The molecule has 8 nitrogen and oxygen atoms in total. The molecule has 0 aliphatic heterocycles. The fourth-order valence-corrected chi connectivity index (χ4v) is 4.81. The number of hydrogen-bond donors (Lipinski definition) is 3. The molecule has 0 atom stereocenters. The lowest BCUT2D eigenvalue weighted by Gasteiger charge is -2.37. The summed E-state index contributed by atoms with van der Waals surface area (Å²) in [6, 6.07) is 24.0. The minimum absolute atomic E-state index is 0.0857. The van der Waals surface area contributed by atoms with Crippen molar-refractivity contribution in [1.82, 2.24) is 20.5 Å². The van der Waals surface area contributed by atoms with Crippen LogP contribution in [0.3, 0.4) is 0 Å². The van der Waals surface area contributed by atoms with Gasteiger partial charge in [-0.2, -0.15) is 10.4 Å². The van der Waals surface area contributed by atoms with Crippen LogP contribution in [0.4, 0.5) is 16.3 Å². The summed E-state index contributed by atoms with van der Waals surface area (Å²) < 4.78 is 0. The van der Waals surface area contributed by atoms with Crippen molar-refractivity contribution >= 4 is 17.5 Å². The van der Waals surface area contributed by atoms with E-state index in [0.717, 1.165) is 53.9 Å². The Morgan fingerprint density at radius 2 is 1.76 bits per heavy atom. The van der Waals surface area contributed by atoms with Crippen molar-refractivity contribution in [3.63, 3.8) is 0 Å². The van der Waals surface area contributed by atoms with Crippen molar-refractivity contribution < 1.29 is 4.79 Å². The highest BCUT2D eigenvalue weighted by Crippen LogP contribution is 2.30. The largest absolute Gasteiger partial charge is 0.367 e. The number of pyridine rings is 1. The molecule has 0 saturated heterocycles. The maximum Gasteiger partial charge on any atom is 0.322 e. The molecule has 2 amide bonds. The molecule has 1 fully saturated rings. The van der Waals surface area contributed by atoms with Crippen molar-refractivity contribution in [3.8, 4) is 17.2 Å². The molecule has 2 aromatic heterocycles. The third-order valence-corrected chi connectivity index (χ3v) is 6.79. The Kier molecular flexibility index (Phi) is 7.42. The highest BCUT2D eigenvalue weighted by molar-refractivity contribution is 5.93.